The molecule has 5 heteroatoms. The lowest BCUT2D eigenvalue weighted by atomic mass is 9.91. The Hall–Kier alpha value is -1.75. The minimum atomic E-state index is -1.51. The van der Waals surface area contributed by atoms with E-state index in [1.54, 1.807) is 18.2 Å². The normalized spacial score (nSPS) is 13.9. The summed E-state index contributed by atoms with van der Waals surface area (Å²) >= 11 is 0. The van der Waals surface area contributed by atoms with Crippen LogP contribution in [-0.4, -0.2) is 30.4 Å². The Morgan fingerprint density at radius 1 is 1.35 bits per heavy atom. The van der Waals surface area contributed by atoms with Crippen LogP contribution >= 0.6 is 0 Å². The second-order valence-electron chi connectivity index (χ2n) is 3.91. The summed E-state index contributed by atoms with van der Waals surface area (Å²) in [4.78, 5) is 10.7. The van der Waals surface area contributed by atoms with Crippen LogP contribution in [0.15, 0.2) is 18.2 Å². The molecular weight excluding hydrogens is 224 g/mol. The van der Waals surface area contributed by atoms with Gasteiger partial charge in [0.25, 0.3) is 0 Å². The average Bonchev–Trinajstić information content (AvgIpc) is 2.26. The number of carboxylic acids is 1. The molecule has 5 nitrogen and oxygen atoms in total. The summed E-state index contributed by atoms with van der Waals surface area (Å²) in [5.74, 6) is -0.122. The number of methoxy groups -OCH3 is 2. The van der Waals surface area contributed by atoms with Crippen molar-refractivity contribution in [2.24, 2.45) is 0 Å². The third-order valence-corrected chi connectivity index (χ3v) is 2.48. The molecule has 1 aromatic carbocycles. The van der Waals surface area contributed by atoms with E-state index in [1.807, 2.05) is 0 Å². The molecule has 0 aliphatic rings. The average molecular weight is 240 g/mol. The lowest BCUT2D eigenvalue weighted by molar-refractivity contribution is -0.142. The van der Waals surface area contributed by atoms with E-state index in [0.717, 1.165) is 0 Å². The summed E-state index contributed by atoms with van der Waals surface area (Å²) < 4.78 is 10.1. The Labute approximate surface area is 99.6 Å². The van der Waals surface area contributed by atoms with Crippen LogP contribution in [0.1, 0.15) is 18.9 Å². The second kappa shape index (κ2) is 5.05. The first-order valence-electron chi connectivity index (χ1n) is 5.07. The summed E-state index contributed by atoms with van der Waals surface area (Å²) in [6, 6.07) is 4.88. The Kier molecular flexibility index (Phi) is 3.96. The van der Waals surface area contributed by atoms with E-state index < -0.39 is 18.0 Å². The molecule has 0 radical (unpaired) electrons. The van der Waals surface area contributed by atoms with Gasteiger partial charge in [-0.1, -0.05) is 0 Å². The topological polar surface area (TPSA) is 76.0 Å². The predicted molar refractivity (Wildman–Crippen MR) is 61.4 cm³/mol. The number of rotatable bonds is 5. The summed E-state index contributed by atoms with van der Waals surface area (Å²) in [5, 5.41) is 18.9. The highest BCUT2D eigenvalue weighted by Gasteiger charge is 2.30. The molecule has 0 fully saturated rings. The van der Waals surface area contributed by atoms with Gasteiger partial charge in [0.15, 0.2) is 0 Å². The molecule has 0 aliphatic carbocycles. The van der Waals surface area contributed by atoms with Crippen molar-refractivity contribution < 1.29 is 24.5 Å². The highest BCUT2D eigenvalue weighted by atomic mass is 16.5. The fourth-order valence-electron chi connectivity index (χ4n) is 1.62. The van der Waals surface area contributed by atoms with Crippen LogP contribution in [-0.2, 0) is 10.4 Å². The molecule has 1 rings (SSSR count). The minimum absolute atomic E-state index is 0.391. The highest BCUT2D eigenvalue weighted by molar-refractivity contribution is 5.69. The maximum atomic E-state index is 10.7. The molecule has 0 unspecified atom stereocenters. The van der Waals surface area contributed by atoms with Gasteiger partial charge in [-0.15, -0.1) is 0 Å². The van der Waals surface area contributed by atoms with E-state index in [9.17, 15) is 9.90 Å². The highest BCUT2D eigenvalue weighted by Crippen LogP contribution is 2.35. The number of carboxylic acid groups (broad SMARTS) is 1. The summed E-state index contributed by atoms with van der Waals surface area (Å²) in [5.41, 5.74) is -1.12. The van der Waals surface area contributed by atoms with Gasteiger partial charge in [0, 0.05) is 5.56 Å². The molecule has 0 saturated carbocycles. The van der Waals surface area contributed by atoms with Crippen molar-refractivity contribution in [2.45, 2.75) is 18.9 Å². The molecule has 0 spiro atoms. The molecule has 0 bridgehead atoms. The molecule has 17 heavy (non-hydrogen) atoms. The van der Waals surface area contributed by atoms with Gasteiger partial charge in [0.05, 0.1) is 20.6 Å². The summed E-state index contributed by atoms with van der Waals surface area (Å²) in [6.07, 6.45) is -0.406. The van der Waals surface area contributed by atoms with Crippen molar-refractivity contribution in [3.8, 4) is 11.5 Å². The third kappa shape index (κ3) is 3.10. The van der Waals surface area contributed by atoms with Gasteiger partial charge in [-0.2, -0.15) is 0 Å². The minimum Gasteiger partial charge on any atom is -0.497 e. The van der Waals surface area contributed by atoms with Crippen molar-refractivity contribution in [2.75, 3.05) is 14.2 Å². The van der Waals surface area contributed by atoms with E-state index in [4.69, 9.17) is 14.6 Å². The van der Waals surface area contributed by atoms with Crippen LogP contribution in [0.3, 0.4) is 0 Å². The van der Waals surface area contributed by atoms with Gasteiger partial charge >= 0.3 is 5.97 Å². The van der Waals surface area contributed by atoms with Crippen molar-refractivity contribution in [3.63, 3.8) is 0 Å². The maximum Gasteiger partial charge on any atom is 0.306 e. The van der Waals surface area contributed by atoms with Crippen molar-refractivity contribution in [1.29, 1.82) is 0 Å². The third-order valence-electron chi connectivity index (χ3n) is 2.48. The first-order chi connectivity index (χ1) is 7.90. The summed E-state index contributed by atoms with van der Waals surface area (Å²) in [7, 11) is 2.96. The van der Waals surface area contributed by atoms with E-state index >= 15 is 0 Å². The number of aliphatic carboxylic acids is 1. The van der Waals surface area contributed by atoms with Gasteiger partial charge in [-0.05, 0) is 25.1 Å². The molecule has 2 N–H and O–H groups in total. The van der Waals surface area contributed by atoms with E-state index in [-0.39, 0.29) is 0 Å². The molecule has 0 aliphatic heterocycles. The first-order valence-corrected chi connectivity index (χ1v) is 5.07. The number of aliphatic hydroxyl groups is 1. The fraction of sp³-hybridized carbons (Fsp3) is 0.417. The van der Waals surface area contributed by atoms with Crippen LogP contribution in [0, 0.1) is 0 Å². The Bertz CT molecular complexity index is 411. The van der Waals surface area contributed by atoms with Crippen LogP contribution in [0.4, 0.5) is 0 Å². The maximum absolute atomic E-state index is 10.7. The van der Waals surface area contributed by atoms with Crippen LogP contribution in [0.2, 0.25) is 0 Å². The second-order valence-corrected chi connectivity index (χ2v) is 3.91. The zero-order chi connectivity index (χ0) is 13.1. The van der Waals surface area contributed by atoms with Gasteiger partial charge in [-0.25, -0.2) is 0 Å². The number of carbonyl (C=O) groups is 1. The Morgan fingerprint density at radius 3 is 2.47 bits per heavy atom. The Balaban J connectivity index is 3.21. The summed E-state index contributed by atoms with van der Waals surface area (Å²) in [6.45, 7) is 1.43. The molecular formula is C12H16O5. The first kappa shape index (κ1) is 13.3. The molecule has 0 heterocycles. The van der Waals surface area contributed by atoms with Crippen molar-refractivity contribution in [3.05, 3.63) is 23.8 Å². The number of ether oxygens (including phenoxy) is 2. The predicted octanol–water partition coefficient (Wildman–Crippen LogP) is 1.39. The lowest BCUT2D eigenvalue weighted by Crippen LogP contribution is -2.25. The lowest BCUT2D eigenvalue weighted by Gasteiger charge is -2.24. The van der Waals surface area contributed by atoms with E-state index in [1.165, 1.54) is 21.1 Å². The molecule has 0 saturated heterocycles. The largest absolute Gasteiger partial charge is 0.497 e. The molecule has 1 aromatic rings. The number of benzene rings is 1. The zero-order valence-electron chi connectivity index (χ0n) is 10.1. The monoisotopic (exact) mass is 240 g/mol. The van der Waals surface area contributed by atoms with E-state index in [2.05, 4.69) is 0 Å². The molecule has 0 amide bonds. The SMILES string of the molecule is COc1ccc(OC)c([C@](C)(O)CC(=O)O)c1. The number of hydrogen-bond donors (Lipinski definition) is 2. The van der Waals surface area contributed by atoms with Crippen LogP contribution in [0.25, 0.3) is 0 Å². The molecule has 1 atom stereocenters. The molecule has 0 aromatic heterocycles. The van der Waals surface area contributed by atoms with E-state index in [0.29, 0.717) is 17.1 Å². The standard InChI is InChI=1S/C12H16O5/c1-12(15,7-11(13)14)9-6-8(16-2)4-5-10(9)17-3/h4-6,15H,7H2,1-3H3,(H,13,14)/t12-/m1/s1. The van der Waals surface area contributed by atoms with Crippen LogP contribution in [0.5, 0.6) is 11.5 Å². The fourth-order valence-corrected chi connectivity index (χ4v) is 1.62. The molecule has 94 valence electrons. The van der Waals surface area contributed by atoms with Crippen LogP contribution < -0.4 is 9.47 Å². The van der Waals surface area contributed by atoms with Gasteiger partial charge < -0.3 is 19.7 Å². The van der Waals surface area contributed by atoms with Gasteiger partial charge in [0.1, 0.15) is 17.1 Å². The quantitative estimate of drug-likeness (QED) is 0.813. The van der Waals surface area contributed by atoms with Gasteiger partial charge in [0.2, 0.25) is 0 Å². The van der Waals surface area contributed by atoms with Crippen molar-refractivity contribution in [1.82, 2.24) is 0 Å². The zero-order valence-corrected chi connectivity index (χ0v) is 10.1. The van der Waals surface area contributed by atoms with Crippen molar-refractivity contribution >= 4 is 5.97 Å². The Morgan fingerprint density at radius 2 is 2.00 bits per heavy atom. The van der Waals surface area contributed by atoms with Gasteiger partial charge in [-0.3, -0.25) is 4.79 Å². The number of hydrogen-bond acceptors (Lipinski definition) is 4. The smallest absolute Gasteiger partial charge is 0.306 e.